The number of ether oxygens (including phenoxy) is 4. The summed E-state index contributed by atoms with van der Waals surface area (Å²) in [5.41, 5.74) is 0. The Balaban J connectivity index is 1.88. The first kappa shape index (κ1) is 20.3. The zero-order valence-electron chi connectivity index (χ0n) is 16.0. The van der Waals surface area contributed by atoms with Gasteiger partial charge in [0.2, 0.25) is 6.29 Å². The molecule has 0 unspecified atom stereocenters. The van der Waals surface area contributed by atoms with Crippen molar-refractivity contribution in [1.82, 2.24) is 0 Å². The molecule has 2 aromatic carbocycles. The van der Waals surface area contributed by atoms with Crippen molar-refractivity contribution in [3.05, 3.63) is 71.3 Å². The van der Waals surface area contributed by atoms with Crippen LogP contribution in [0.25, 0.3) is 0 Å². The predicted molar refractivity (Wildman–Crippen MR) is 108 cm³/mol. The van der Waals surface area contributed by atoms with Crippen molar-refractivity contribution < 1.29 is 23.7 Å². The highest BCUT2D eigenvalue weighted by Gasteiger charge is 2.34. The van der Waals surface area contributed by atoms with Crippen LogP contribution in [0.4, 0.5) is 0 Å². The summed E-state index contributed by atoms with van der Waals surface area (Å²) in [4.78, 5) is 13.6. The second-order valence-electron chi connectivity index (χ2n) is 6.14. The van der Waals surface area contributed by atoms with E-state index in [9.17, 15) is 4.79 Å². The van der Waals surface area contributed by atoms with Gasteiger partial charge in [-0.25, -0.2) is 0 Å². The van der Waals surface area contributed by atoms with E-state index >= 15 is 0 Å². The first-order valence-electron chi connectivity index (χ1n) is 9.25. The summed E-state index contributed by atoms with van der Waals surface area (Å²) in [5, 5.41) is 0. The van der Waals surface area contributed by atoms with E-state index in [2.05, 4.69) is 0 Å². The number of carbonyl (C=O) groups excluding carboxylic acids is 1. The van der Waals surface area contributed by atoms with Gasteiger partial charge >= 0.3 is 5.97 Å². The van der Waals surface area contributed by atoms with Gasteiger partial charge in [0.15, 0.2) is 5.76 Å². The third-order valence-corrected chi connectivity index (χ3v) is 5.21. The highest BCUT2D eigenvalue weighted by atomic mass is 32.2. The van der Waals surface area contributed by atoms with Crippen LogP contribution in [0.2, 0.25) is 0 Å². The van der Waals surface area contributed by atoms with Crippen molar-refractivity contribution in [2.24, 2.45) is 0 Å². The number of rotatable bonds is 8. The molecule has 2 aromatic rings. The second kappa shape index (κ2) is 10.2. The fourth-order valence-corrected chi connectivity index (χ4v) is 3.87. The van der Waals surface area contributed by atoms with E-state index in [0.29, 0.717) is 18.8 Å². The fourth-order valence-electron chi connectivity index (χ4n) is 2.83. The number of carbonyl (C=O) groups is 1. The van der Waals surface area contributed by atoms with E-state index in [-0.39, 0.29) is 12.6 Å². The summed E-state index contributed by atoms with van der Waals surface area (Å²) < 4.78 is 23.2. The molecule has 3 rings (SSSR count). The summed E-state index contributed by atoms with van der Waals surface area (Å²) in [6.45, 7) is 4.05. The maximum atomic E-state index is 11.7. The van der Waals surface area contributed by atoms with Crippen LogP contribution in [0.5, 0.6) is 5.75 Å². The molecule has 0 spiro atoms. The Morgan fingerprint density at radius 1 is 1.11 bits per heavy atom. The molecule has 2 atom stereocenters. The van der Waals surface area contributed by atoms with Crippen LogP contribution in [0.15, 0.2) is 76.2 Å². The van der Waals surface area contributed by atoms with E-state index < -0.39 is 12.4 Å². The SMILES string of the molecule is CCO[C@@H]1C[C@@H](OC(C)=O)C(Sc2ccccc2)=C(COc2ccccc2)O1. The molecule has 1 heterocycles. The third kappa shape index (κ3) is 5.78. The van der Waals surface area contributed by atoms with Gasteiger partial charge in [0.05, 0.1) is 11.3 Å². The van der Waals surface area contributed by atoms with Gasteiger partial charge in [0, 0.05) is 18.4 Å². The van der Waals surface area contributed by atoms with Gasteiger partial charge in [-0.05, 0) is 31.2 Å². The summed E-state index contributed by atoms with van der Waals surface area (Å²) in [7, 11) is 0. The molecule has 0 saturated heterocycles. The Morgan fingerprint density at radius 2 is 1.79 bits per heavy atom. The molecular formula is C22H24O5S. The number of hydrogen-bond donors (Lipinski definition) is 0. The normalized spacial score (nSPS) is 19.1. The predicted octanol–water partition coefficient (Wildman–Crippen LogP) is 4.78. The first-order valence-corrected chi connectivity index (χ1v) is 10.1. The summed E-state index contributed by atoms with van der Waals surface area (Å²) in [6, 6.07) is 19.4. The van der Waals surface area contributed by atoms with Crippen molar-refractivity contribution in [2.45, 2.75) is 37.6 Å². The summed E-state index contributed by atoms with van der Waals surface area (Å²) >= 11 is 1.52. The quantitative estimate of drug-likeness (QED) is 0.594. The van der Waals surface area contributed by atoms with Gasteiger partial charge in [-0.3, -0.25) is 4.79 Å². The molecule has 28 heavy (non-hydrogen) atoms. The molecule has 148 valence electrons. The van der Waals surface area contributed by atoms with Gasteiger partial charge in [-0.2, -0.15) is 0 Å². The van der Waals surface area contributed by atoms with Crippen LogP contribution in [0.1, 0.15) is 20.3 Å². The van der Waals surface area contributed by atoms with Crippen LogP contribution in [-0.4, -0.2) is 31.6 Å². The molecule has 1 aliphatic rings. The van der Waals surface area contributed by atoms with E-state index in [1.165, 1.54) is 18.7 Å². The Kier molecular flexibility index (Phi) is 7.39. The zero-order chi connectivity index (χ0) is 19.8. The van der Waals surface area contributed by atoms with Crippen LogP contribution in [0.3, 0.4) is 0 Å². The number of thioether (sulfide) groups is 1. The third-order valence-electron chi connectivity index (χ3n) is 3.99. The number of para-hydroxylation sites is 1. The van der Waals surface area contributed by atoms with Gasteiger partial charge in [-0.15, -0.1) is 0 Å². The van der Waals surface area contributed by atoms with Crippen molar-refractivity contribution in [1.29, 1.82) is 0 Å². The van der Waals surface area contributed by atoms with Crippen LogP contribution in [-0.2, 0) is 19.0 Å². The standard InChI is InChI=1S/C22H24O5S/c1-3-24-21-14-19(26-16(2)23)22(28-18-12-8-5-9-13-18)20(27-21)15-25-17-10-6-4-7-11-17/h4-13,19,21H,3,14-15H2,1-2H3/t19-,21+/m1/s1. The minimum Gasteiger partial charge on any atom is -0.486 e. The maximum absolute atomic E-state index is 11.7. The van der Waals surface area contributed by atoms with Crippen molar-refractivity contribution in [3.8, 4) is 5.75 Å². The molecule has 5 nitrogen and oxygen atoms in total. The molecule has 0 saturated carbocycles. The molecule has 0 bridgehead atoms. The van der Waals surface area contributed by atoms with Crippen LogP contribution in [0, 0.1) is 0 Å². The van der Waals surface area contributed by atoms with E-state index in [0.717, 1.165) is 15.6 Å². The van der Waals surface area contributed by atoms with Crippen LogP contribution < -0.4 is 4.74 Å². The molecule has 6 heteroatoms. The molecule has 0 fully saturated rings. The van der Waals surface area contributed by atoms with Crippen molar-refractivity contribution in [2.75, 3.05) is 13.2 Å². The zero-order valence-corrected chi connectivity index (χ0v) is 16.8. The number of benzene rings is 2. The van der Waals surface area contributed by atoms with Crippen molar-refractivity contribution in [3.63, 3.8) is 0 Å². The molecule has 0 aliphatic carbocycles. The minimum atomic E-state index is -0.483. The molecule has 0 radical (unpaired) electrons. The smallest absolute Gasteiger partial charge is 0.303 e. The van der Waals surface area contributed by atoms with Gasteiger partial charge in [0.1, 0.15) is 18.5 Å². The van der Waals surface area contributed by atoms with E-state index in [1.54, 1.807) is 0 Å². The highest BCUT2D eigenvalue weighted by molar-refractivity contribution is 8.03. The number of hydrogen-bond acceptors (Lipinski definition) is 6. The fraction of sp³-hybridized carbons (Fsp3) is 0.318. The Hall–Kier alpha value is -2.44. The Labute approximate surface area is 169 Å². The first-order chi connectivity index (χ1) is 13.7. The van der Waals surface area contributed by atoms with Crippen LogP contribution >= 0.6 is 11.8 Å². The van der Waals surface area contributed by atoms with E-state index in [1.807, 2.05) is 67.6 Å². The average molecular weight is 400 g/mol. The lowest BCUT2D eigenvalue weighted by Crippen LogP contribution is -2.34. The molecular weight excluding hydrogens is 376 g/mol. The molecule has 0 amide bonds. The summed E-state index contributed by atoms with van der Waals surface area (Å²) in [5.74, 6) is 1.02. The largest absolute Gasteiger partial charge is 0.486 e. The second-order valence-corrected chi connectivity index (χ2v) is 7.26. The Morgan fingerprint density at radius 3 is 2.43 bits per heavy atom. The lowest BCUT2D eigenvalue weighted by atomic mass is 10.1. The van der Waals surface area contributed by atoms with Gasteiger partial charge in [0.25, 0.3) is 0 Å². The minimum absolute atomic E-state index is 0.223. The highest BCUT2D eigenvalue weighted by Crippen LogP contribution is 2.39. The monoisotopic (exact) mass is 400 g/mol. The van der Waals surface area contributed by atoms with Gasteiger partial charge < -0.3 is 18.9 Å². The van der Waals surface area contributed by atoms with Crippen molar-refractivity contribution >= 4 is 17.7 Å². The van der Waals surface area contributed by atoms with Gasteiger partial charge in [-0.1, -0.05) is 48.2 Å². The lowest BCUT2D eigenvalue weighted by molar-refractivity contribution is -0.163. The topological polar surface area (TPSA) is 54.0 Å². The average Bonchev–Trinajstić information content (AvgIpc) is 2.70. The number of esters is 1. The molecule has 0 N–H and O–H groups in total. The summed E-state index contributed by atoms with van der Waals surface area (Å²) in [6.07, 6.45) is -0.483. The van der Waals surface area contributed by atoms with E-state index in [4.69, 9.17) is 18.9 Å². The Bertz CT molecular complexity index is 791. The molecule has 0 aromatic heterocycles. The maximum Gasteiger partial charge on any atom is 0.303 e. The lowest BCUT2D eigenvalue weighted by Gasteiger charge is -2.33. The molecule has 1 aliphatic heterocycles.